The van der Waals surface area contributed by atoms with E-state index >= 15 is 0 Å². The van der Waals surface area contributed by atoms with Gasteiger partial charge in [0.05, 0.1) is 16.9 Å². The monoisotopic (exact) mass is 985 g/mol. The number of fused-ring (bicyclic) bond motifs is 4. The van der Waals surface area contributed by atoms with E-state index in [2.05, 4.69) is 139 Å². The number of nitrogens with zero attached hydrogens (tertiary/aromatic N) is 3. The zero-order valence-electron chi connectivity index (χ0n) is 38.1. The first-order valence-corrected chi connectivity index (χ1v) is 26.7. The molecule has 0 aliphatic carbocycles. The number of benzene rings is 5. The maximum absolute atomic E-state index is 8.80. The van der Waals surface area contributed by atoms with Crippen molar-refractivity contribution in [1.82, 2.24) is 14.5 Å². The average molecular weight is 984 g/mol. The molecule has 0 fully saturated rings. The third-order valence-electron chi connectivity index (χ3n) is 9.41. The van der Waals surface area contributed by atoms with Crippen LogP contribution in [0.2, 0.25) is 17.3 Å². The molecule has 0 saturated carbocycles. The summed E-state index contributed by atoms with van der Waals surface area (Å²) in [4.78, 5) is 9.60. The minimum Gasteiger partial charge on any atom is 0 e. The number of aryl methyl sites for hydroxylation is 1. The van der Waals surface area contributed by atoms with E-state index in [0.717, 1.165) is 32.5 Å². The molecule has 3 aromatic heterocycles. The van der Waals surface area contributed by atoms with Crippen molar-refractivity contribution in [3.8, 4) is 28.3 Å². The molecule has 8 aromatic rings. The molecule has 0 amide bonds. The van der Waals surface area contributed by atoms with Gasteiger partial charge in [0.15, 0.2) is 0 Å². The summed E-state index contributed by atoms with van der Waals surface area (Å²) in [6.45, 7) is 10.3. The van der Waals surface area contributed by atoms with Crippen molar-refractivity contribution in [3.63, 3.8) is 0 Å². The molecule has 6 heteroatoms. The second-order valence-electron chi connectivity index (χ2n) is 17.0. The summed E-state index contributed by atoms with van der Waals surface area (Å²) < 4.78 is 45.9. The van der Waals surface area contributed by atoms with Crippen molar-refractivity contribution in [2.45, 2.75) is 77.5 Å². The molecule has 0 aliphatic rings. The van der Waals surface area contributed by atoms with Crippen molar-refractivity contribution >= 4 is 60.2 Å². The number of aromatic nitrogens is 3. The molecule has 0 unspecified atom stereocenters. The topological polar surface area (TPSA) is 30.7 Å². The first-order chi connectivity index (χ1) is 27.5. The average Bonchev–Trinajstić information content (AvgIpc) is 3.75. The third kappa shape index (κ3) is 9.07. The maximum Gasteiger partial charge on any atom is 0 e. The number of pyridine rings is 1. The molecule has 3 nitrogen and oxygen atoms in total. The summed E-state index contributed by atoms with van der Waals surface area (Å²) in [5.41, 5.74) is 7.33. The predicted molar refractivity (Wildman–Crippen MR) is 236 cm³/mol. The van der Waals surface area contributed by atoms with E-state index in [1.807, 2.05) is 50.4 Å². The van der Waals surface area contributed by atoms with Crippen LogP contribution >= 0.6 is 11.3 Å². The van der Waals surface area contributed by atoms with Crippen LogP contribution < -0.4 is 4.40 Å². The van der Waals surface area contributed by atoms with Gasteiger partial charge in [-0.3, -0.25) is 4.98 Å². The van der Waals surface area contributed by atoms with Gasteiger partial charge in [-0.15, -0.1) is 23.8 Å². The molecule has 0 bridgehead atoms. The smallest absolute Gasteiger partial charge is 0 e. The number of hydrogen-bond donors (Lipinski definition) is 0. The Morgan fingerprint density at radius 2 is 1.49 bits per heavy atom. The van der Waals surface area contributed by atoms with Crippen LogP contribution in [-0.2, 0) is 31.9 Å². The van der Waals surface area contributed by atoms with Crippen molar-refractivity contribution in [1.29, 1.82) is 0 Å². The zero-order valence-corrected chi connectivity index (χ0v) is 38.4. The number of thiophene rings is 1. The van der Waals surface area contributed by atoms with Crippen molar-refractivity contribution in [2.75, 3.05) is 0 Å². The van der Waals surface area contributed by atoms with Crippen LogP contribution in [0.5, 0.6) is 0 Å². The van der Waals surface area contributed by atoms with Crippen LogP contribution in [0.15, 0.2) is 115 Å². The molecular formula is C49H51GeIrN3S-2. The zero-order chi connectivity index (χ0) is 42.7. The standard InChI is InChI=1S/C29H23N2S.C20H28GeN.Ir/c1-29(2,3)20-13-15-21(16-14-20)31-25-10-6-5-9-24(25)30-28(31)19-12-17-23-22-8-4-7-11-26(22)32-27(23)18-19;1-15-8-10-16(11-9-15)19-12-17(13-20(2,3)4)18(14-22-19)21(5,6)7;/h4-11,13-18H,1-3H3;8-10,12,14H,13H2,1-7H3;/q2*-1;/i;1D3,13D2;. The summed E-state index contributed by atoms with van der Waals surface area (Å²) in [6, 6.07) is 43.2. The van der Waals surface area contributed by atoms with E-state index in [1.165, 1.54) is 31.8 Å². The van der Waals surface area contributed by atoms with Crippen LogP contribution in [-0.4, -0.2) is 27.8 Å². The van der Waals surface area contributed by atoms with Gasteiger partial charge in [0.1, 0.15) is 0 Å². The Labute approximate surface area is 355 Å². The van der Waals surface area contributed by atoms with E-state index in [-0.39, 0.29) is 31.1 Å². The number of rotatable bonds is 5. The molecular weight excluding hydrogens is 927 g/mol. The molecule has 5 aromatic carbocycles. The van der Waals surface area contributed by atoms with Crippen LogP contribution in [0.3, 0.4) is 0 Å². The Kier molecular flexibility index (Phi) is 9.97. The van der Waals surface area contributed by atoms with Gasteiger partial charge in [0.25, 0.3) is 0 Å². The summed E-state index contributed by atoms with van der Waals surface area (Å²) >= 11 is -0.529. The molecule has 0 N–H and O–H groups in total. The van der Waals surface area contributed by atoms with Gasteiger partial charge in [0.2, 0.25) is 0 Å². The molecule has 0 aliphatic heterocycles. The molecule has 0 spiro atoms. The molecule has 0 saturated heterocycles. The van der Waals surface area contributed by atoms with Crippen LogP contribution in [0.4, 0.5) is 0 Å². The fraction of sp³-hybridized carbons (Fsp3) is 0.265. The van der Waals surface area contributed by atoms with Gasteiger partial charge in [-0.25, -0.2) is 0 Å². The van der Waals surface area contributed by atoms with E-state index in [4.69, 9.17) is 11.8 Å². The van der Waals surface area contributed by atoms with E-state index in [1.54, 1.807) is 12.1 Å². The van der Waals surface area contributed by atoms with Gasteiger partial charge in [0, 0.05) is 30.5 Å². The Bertz CT molecular complexity index is 2790. The van der Waals surface area contributed by atoms with Gasteiger partial charge in [-0.1, -0.05) is 68.6 Å². The van der Waals surface area contributed by atoms with Gasteiger partial charge < -0.3 is 4.57 Å². The van der Waals surface area contributed by atoms with E-state index in [9.17, 15) is 0 Å². The molecule has 8 rings (SSSR count). The van der Waals surface area contributed by atoms with Crippen LogP contribution in [0.1, 0.15) is 65.1 Å². The van der Waals surface area contributed by atoms with E-state index < -0.39 is 31.9 Å². The third-order valence-corrected chi connectivity index (χ3v) is 14.8. The van der Waals surface area contributed by atoms with E-state index in [0.29, 0.717) is 16.8 Å². The van der Waals surface area contributed by atoms with Crippen molar-refractivity contribution in [3.05, 3.63) is 144 Å². The summed E-state index contributed by atoms with van der Waals surface area (Å²) in [5, 5.41) is 2.55. The Balaban J connectivity index is 0.000000201. The fourth-order valence-electron chi connectivity index (χ4n) is 6.66. The second kappa shape index (κ2) is 15.9. The van der Waals surface area contributed by atoms with Gasteiger partial charge in [-0.05, 0) is 51.4 Å². The number of para-hydroxylation sites is 2. The first-order valence-electron chi connectivity index (χ1n) is 21.0. The number of imidazole rings is 1. The van der Waals surface area contributed by atoms with Gasteiger partial charge >= 0.3 is 145 Å². The predicted octanol–water partition coefficient (Wildman–Crippen LogP) is 13.1. The fourth-order valence-corrected chi connectivity index (χ4v) is 10.7. The maximum atomic E-state index is 8.80. The molecule has 55 heavy (non-hydrogen) atoms. The van der Waals surface area contributed by atoms with Gasteiger partial charge in [-0.2, -0.15) is 11.3 Å². The largest absolute Gasteiger partial charge is 0 e. The summed E-state index contributed by atoms with van der Waals surface area (Å²) in [7, 11) is 0. The molecule has 1 radical (unpaired) electrons. The quantitative estimate of drug-likeness (QED) is 0.127. The Morgan fingerprint density at radius 3 is 2.16 bits per heavy atom. The van der Waals surface area contributed by atoms with Crippen molar-refractivity contribution < 1.29 is 27.0 Å². The molecule has 283 valence electrons. The molecule has 0 atom stereocenters. The Morgan fingerprint density at radius 1 is 0.782 bits per heavy atom. The first kappa shape index (κ1) is 34.4. The van der Waals surface area contributed by atoms with Crippen LogP contribution in [0, 0.1) is 24.4 Å². The van der Waals surface area contributed by atoms with Crippen molar-refractivity contribution in [2.24, 2.45) is 5.41 Å². The minimum absolute atomic E-state index is 0. The Hall–Kier alpha value is -3.87. The number of hydrogen-bond acceptors (Lipinski definition) is 3. The summed E-state index contributed by atoms with van der Waals surface area (Å²) in [5.74, 6) is 7.62. The SMILES string of the molecule is CC(C)(C)c1ccc(-n2c(-c3[c-]cc4c(c3)sc3ccccc34)nc3ccccc32)cc1.[2H]C([2H])([2H])c1c[c-]c(-c2cc(C([2H])([2H])C(C)(C)C)[c]([Ge]([CH3])([CH3])[CH3])cn2)cc1.[Ir]. The van der Waals surface area contributed by atoms with Crippen LogP contribution in [0.25, 0.3) is 59.5 Å². The summed E-state index contributed by atoms with van der Waals surface area (Å²) in [6.07, 6.45) is 0.303. The normalized spacial score (nSPS) is 13.9. The minimum atomic E-state index is -2.36. The second-order valence-corrected chi connectivity index (χ2v) is 28.7. The molecule has 3 heterocycles.